The number of anilines is 3. The lowest BCUT2D eigenvalue weighted by Gasteiger charge is -2.09. The van der Waals surface area contributed by atoms with Gasteiger partial charge in [-0.15, -0.1) is 0 Å². The fraction of sp³-hybridized carbons (Fsp3) is 0. The molecule has 2 rings (SSSR count). The van der Waals surface area contributed by atoms with Gasteiger partial charge in [0.05, 0.1) is 23.1 Å². The molecule has 0 saturated heterocycles. The van der Waals surface area contributed by atoms with Gasteiger partial charge < -0.3 is 16.8 Å². The number of halogens is 2. The van der Waals surface area contributed by atoms with Crippen molar-refractivity contribution in [2.45, 2.75) is 0 Å². The molecule has 1 amide bonds. The average molecular weight is 264 g/mol. The Hall–Kier alpha value is -2.70. The maximum Gasteiger partial charge on any atom is 0.250 e. The van der Waals surface area contributed by atoms with Crippen LogP contribution in [-0.2, 0) is 0 Å². The molecular weight excluding hydrogens is 254 g/mol. The highest BCUT2D eigenvalue weighted by Crippen LogP contribution is 2.22. The molecule has 1 aromatic carbocycles. The molecule has 2 aromatic rings. The Balaban J connectivity index is 2.36. The topological polar surface area (TPSA) is 94.0 Å². The van der Waals surface area contributed by atoms with Crippen LogP contribution in [-0.4, -0.2) is 10.9 Å². The fourth-order valence-corrected chi connectivity index (χ4v) is 1.49. The van der Waals surface area contributed by atoms with Gasteiger partial charge in [-0.3, -0.25) is 4.79 Å². The third-order valence-corrected chi connectivity index (χ3v) is 2.41. The average Bonchev–Trinajstić information content (AvgIpc) is 2.37. The van der Waals surface area contributed by atoms with Gasteiger partial charge in [-0.25, -0.2) is 13.8 Å². The number of hydrogen-bond acceptors (Lipinski definition) is 4. The highest BCUT2D eigenvalue weighted by molar-refractivity contribution is 5.98. The first-order valence-corrected chi connectivity index (χ1v) is 5.25. The largest absolute Gasteiger partial charge is 0.397 e. The Morgan fingerprint density at radius 1 is 1.32 bits per heavy atom. The zero-order chi connectivity index (χ0) is 14.0. The summed E-state index contributed by atoms with van der Waals surface area (Å²) in [5.74, 6) is -2.63. The van der Waals surface area contributed by atoms with Crippen LogP contribution in [0.3, 0.4) is 0 Å². The van der Waals surface area contributed by atoms with Crippen LogP contribution < -0.4 is 16.8 Å². The second-order valence-electron chi connectivity index (χ2n) is 3.75. The molecule has 98 valence electrons. The van der Waals surface area contributed by atoms with Crippen molar-refractivity contribution >= 4 is 23.1 Å². The van der Waals surface area contributed by atoms with Crippen molar-refractivity contribution in [1.29, 1.82) is 0 Å². The molecule has 0 aliphatic rings. The standard InChI is InChI=1S/C12H10F2N4O/c13-7-2-1-3-9(11(7)14)18-10-4-6(12(16)19)8(15)5-17-10/h1-5H,15H2,(H2,16,19)(H,17,18). The van der Waals surface area contributed by atoms with E-state index in [0.717, 1.165) is 6.07 Å². The van der Waals surface area contributed by atoms with Gasteiger partial charge in [-0.05, 0) is 18.2 Å². The molecule has 7 heteroatoms. The number of nitrogen functional groups attached to an aromatic ring is 1. The van der Waals surface area contributed by atoms with E-state index in [0.29, 0.717) is 0 Å². The van der Waals surface area contributed by atoms with Gasteiger partial charge in [0.15, 0.2) is 11.6 Å². The smallest absolute Gasteiger partial charge is 0.250 e. The van der Waals surface area contributed by atoms with E-state index in [1.807, 2.05) is 0 Å². The Labute approximate surface area is 107 Å². The minimum absolute atomic E-state index is 0.0503. The molecule has 1 aromatic heterocycles. The van der Waals surface area contributed by atoms with Crippen LogP contribution >= 0.6 is 0 Å². The predicted molar refractivity (Wildman–Crippen MR) is 66.8 cm³/mol. The van der Waals surface area contributed by atoms with Gasteiger partial charge in [0.25, 0.3) is 5.91 Å². The number of nitrogens with zero attached hydrogens (tertiary/aromatic N) is 1. The van der Waals surface area contributed by atoms with Gasteiger partial charge in [0, 0.05) is 0 Å². The molecule has 5 N–H and O–H groups in total. The van der Waals surface area contributed by atoms with Crippen LogP contribution in [0.5, 0.6) is 0 Å². The van der Waals surface area contributed by atoms with Crippen LogP contribution in [0.4, 0.5) is 26.0 Å². The number of nitrogens with one attached hydrogen (secondary N) is 1. The summed E-state index contributed by atoms with van der Waals surface area (Å²) in [4.78, 5) is 15.0. The molecule has 0 radical (unpaired) electrons. The number of carbonyl (C=O) groups is 1. The minimum atomic E-state index is -1.04. The van der Waals surface area contributed by atoms with E-state index in [2.05, 4.69) is 10.3 Å². The zero-order valence-corrected chi connectivity index (χ0v) is 9.65. The van der Waals surface area contributed by atoms with Crippen molar-refractivity contribution < 1.29 is 13.6 Å². The zero-order valence-electron chi connectivity index (χ0n) is 9.65. The monoisotopic (exact) mass is 264 g/mol. The second-order valence-corrected chi connectivity index (χ2v) is 3.75. The van der Waals surface area contributed by atoms with Crippen LogP contribution in [0.1, 0.15) is 10.4 Å². The molecule has 5 nitrogen and oxygen atoms in total. The van der Waals surface area contributed by atoms with E-state index < -0.39 is 17.5 Å². The second kappa shape index (κ2) is 4.89. The minimum Gasteiger partial charge on any atom is -0.397 e. The lowest BCUT2D eigenvalue weighted by atomic mass is 10.2. The fourth-order valence-electron chi connectivity index (χ4n) is 1.49. The SMILES string of the molecule is NC(=O)c1cc(Nc2cccc(F)c2F)ncc1N. The molecular formula is C12H10F2N4O. The Morgan fingerprint density at radius 2 is 2.05 bits per heavy atom. The summed E-state index contributed by atoms with van der Waals surface area (Å²) in [6.07, 6.45) is 1.21. The maximum atomic E-state index is 13.4. The highest BCUT2D eigenvalue weighted by Gasteiger charge is 2.11. The number of nitrogens with two attached hydrogens (primary N) is 2. The Morgan fingerprint density at radius 3 is 2.74 bits per heavy atom. The molecule has 0 unspecified atom stereocenters. The van der Waals surface area contributed by atoms with Crippen molar-refractivity contribution in [3.05, 3.63) is 47.7 Å². The number of pyridine rings is 1. The van der Waals surface area contributed by atoms with Gasteiger partial charge in [0.2, 0.25) is 0 Å². The van der Waals surface area contributed by atoms with Crippen molar-refractivity contribution in [2.75, 3.05) is 11.1 Å². The number of carbonyl (C=O) groups excluding carboxylic acids is 1. The van der Waals surface area contributed by atoms with E-state index in [4.69, 9.17) is 11.5 Å². The molecule has 0 fully saturated rings. The number of benzene rings is 1. The van der Waals surface area contributed by atoms with Gasteiger partial charge in [-0.1, -0.05) is 6.07 Å². The van der Waals surface area contributed by atoms with E-state index >= 15 is 0 Å². The highest BCUT2D eigenvalue weighted by atomic mass is 19.2. The molecule has 0 saturated carbocycles. The van der Waals surface area contributed by atoms with Crippen LogP contribution in [0.25, 0.3) is 0 Å². The van der Waals surface area contributed by atoms with Crippen molar-refractivity contribution in [2.24, 2.45) is 5.73 Å². The van der Waals surface area contributed by atoms with Crippen molar-refractivity contribution in [3.63, 3.8) is 0 Å². The van der Waals surface area contributed by atoms with Crippen LogP contribution in [0.15, 0.2) is 30.5 Å². The molecule has 0 bridgehead atoms. The number of hydrogen-bond donors (Lipinski definition) is 3. The number of rotatable bonds is 3. The first kappa shape index (κ1) is 12.7. The summed E-state index contributed by atoms with van der Waals surface area (Å²) in [6.45, 7) is 0. The summed E-state index contributed by atoms with van der Waals surface area (Å²) in [5, 5.41) is 2.55. The lowest BCUT2D eigenvalue weighted by molar-refractivity contribution is 0.100. The first-order chi connectivity index (χ1) is 8.99. The summed E-state index contributed by atoms with van der Waals surface area (Å²) in [5.41, 5.74) is 10.7. The quantitative estimate of drug-likeness (QED) is 0.787. The Bertz CT molecular complexity index is 646. The van der Waals surface area contributed by atoms with E-state index in [-0.39, 0.29) is 22.8 Å². The molecule has 0 aliphatic heterocycles. The van der Waals surface area contributed by atoms with Gasteiger partial charge in [-0.2, -0.15) is 0 Å². The number of amides is 1. The van der Waals surface area contributed by atoms with Gasteiger partial charge in [0.1, 0.15) is 5.82 Å². The maximum absolute atomic E-state index is 13.4. The third kappa shape index (κ3) is 2.59. The summed E-state index contributed by atoms with van der Waals surface area (Å²) in [6, 6.07) is 4.93. The van der Waals surface area contributed by atoms with Crippen LogP contribution in [0, 0.1) is 11.6 Å². The molecule has 19 heavy (non-hydrogen) atoms. The molecule has 0 aliphatic carbocycles. The van der Waals surface area contributed by atoms with Gasteiger partial charge >= 0.3 is 0 Å². The van der Waals surface area contributed by atoms with E-state index in [9.17, 15) is 13.6 Å². The van der Waals surface area contributed by atoms with E-state index in [1.165, 1.54) is 24.4 Å². The van der Waals surface area contributed by atoms with E-state index in [1.54, 1.807) is 0 Å². The molecule has 0 atom stereocenters. The summed E-state index contributed by atoms with van der Waals surface area (Å²) >= 11 is 0. The normalized spacial score (nSPS) is 10.2. The number of primary amides is 1. The summed E-state index contributed by atoms with van der Waals surface area (Å²) < 4.78 is 26.5. The summed E-state index contributed by atoms with van der Waals surface area (Å²) in [7, 11) is 0. The Kier molecular flexibility index (Phi) is 3.28. The first-order valence-electron chi connectivity index (χ1n) is 5.25. The molecule has 1 heterocycles. The van der Waals surface area contributed by atoms with Crippen LogP contribution in [0.2, 0.25) is 0 Å². The van der Waals surface area contributed by atoms with Crippen molar-refractivity contribution in [1.82, 2.24) is 4.98 Å². The third-order valence-electron chi connectivity index (χ3n) is 2.41. The number of aromatic nitrogens is 1. The lowest BCUT2D eigenvalue weighted by Crippen LogP contribution is -2.14. The predicted octanol–water partition coefficient (Wildman–Crippen LogP) is 1.78. The molecule has 0 spiro atoms. The van der Waals surface area contributed by atoms with Crippen molar-refractivity contribution in [3.8, 4) is 0 Å².